The number of amides is 2. The third kappa shape index (κ3) is 7.12. The molecule has 0 fully saturated rings. The molecule has 1 heterocycles. The number of fused-ring (bicyclic) bond motifs is 1. The van der Waals surface area contributed by atoms with Gasteiger partial charge in [0.2, 0.25) is 5.91 Å². The summed E-state index contributed by atoms with van der Waals surface area (Å²) < 4.78 is 5.11. The Bertz CT molecular complexity index is 1370. The van der Waals surface area contributed by atoms with E-state index in [1.165, 1.54) is 6.92 Å². The zero-order chi connectivity index (χ0) is 27.8. The van der Waals surface area contributed by atoms with Gasteiger partial charge in [-0.2, -0.15) is 0 Å². The van der Waals surface area contributed by atoms with E-state index in [2.05, 4.69) is 40.0 Å². The molecular formula is C31H34N4O4. The van der Waals surface area contributed by atoms with Gasteiger partial charge < -0.3 is 25.6 Å². The van der Waals surface area contributed by atoms with Crippen LogP contribution >= 0.6 is 0 Å². The minimum atomic E-state index is -0.424. The summed E-state index contributed by atoms with van der Waals surface area (Å²) in [7, 11) is 2.06. The first kappa shape index (κ1) is 27.6. The van der Waals surface area contributed by atoms with Crippen molar-refractivity contribution in [2.24, 2.45) is 0 Å². The van der Waals surface area contributed by atoms with Crippen molar-refractivity contribution < 1.29 is 19.1 Å². The van der Waals surface area contributed by atoms with Gasteiger partial charge in [-0.05, 0) is 62.3 Å². The summed E-state index contributed by atoms with van der Waals surface area (Å²) in [5.41, 5.74) is 5.75. The molecule has 0 aliphatic carbocycles. The highest BCUT2D eigenvalue weighted by Gasteiger charge is 2.29. The molecular weight excluding hydrogens is 492 g/mol. The standard InChI is InChI=1S/C31H34N4O4/c1-4-39-31(38)24-13-16-26-27(19-24)34-30(37)28(26)29(23-9-6-5-7-10-23)33-25-14-11-22(12-15-25)20-35(3)18-8-17-32-21(2)36/h5-7,9-16,19,33H,4,8,17-18,20H2,1-3H3,(H,32,36)(H,34,37)/b29-28+. The summed E-state index contributed by atoms with van der Waals surface area (Å²) >= 11 is 0. The highest BCUT2D eigenvalue weighted by Crippen LogP contribution is 2.38. The van der Waals surface area contributed by atoms with Crippen LogP contribution in [-0.4, -0.2) is 49.4 Å². The van der Waals surface area contributed by atoms with Crippen molar-refractivity contribution in [3.8, 4) is 0 Å². The average molecular weight is 527 g/mol. The SMILES string of the molecule is CCOC(=O)c1ccc2c(c1)NC(=O)/C2=C(/Nc1ccc(CN(C)CCCNC(C)=O)cc1)c1ccccc1. The first-order valence-corrected chi connectivity index (χ1v) is 13.1. The third-order valence-electron chi connectivity index (χ3n) is 6.35. The number of carbonyl (C=O) groups is 3. The maximum Gasteiger partial charge on any atom is 0.338 e. The zero-order valence-electron chi connectivity index (χ0n) is 22.5. The normalized spacial score (nSPS) is 13.5. The first-order chi connectivity index (χ1) is 18.9. The summed E-state index contributed by atoms with van der Waals surface area (Å²) in [6, 6.07) is 23.0. The molecule has 0 aromatic heterocycles. The maximum absolute atomic E-state index is 13.2. The molecule has 3 aromatic carbocycles. The number of nitrogens with zero attached hydrogens (tertiary/aromatic N) is 1. The quantitative estimate of drug-likeness (QED) is 0.189. The molecule has 4 rings (SSSR count). The Labute approximate surface area is 229 Å². The number of hydrogen-bond donors (Lipinski definition) is 3. The number of hydrogen-bond acceptors (Lipinski definition) is 6. The lowest BCUT2D eigenvalue weighted by molar-refractivity contribution is -0.119. The van der Waals surface area contributed by atoms with Crippen molar-refractivity contribution in [1.29, 1.82) is 0 Å². The van der Waals surface area contributed by atoms with Gasteiger partial charge in [-0.25, -0.2) is 4.79 Å². The fraction of sp³-hybridized carbons (Fsp3) is 0.258. The van der Waals surface area contributed by atoms with E-state index in [1.807, 2.05) is 42.5 Å². The topological polar surface area (TPSA) is 99.8 Å². The first-order valence-electron chi connectivity index (χ1n) is 13.1. The molecule has 8 nitrogen and oxygen atoms in total. The molecule has 0 atom stereocenters. The summed E-state index contributed by atoms with van der Waals surface area (Å²) in [6.45, 7) is 5.89. The van der Waals surface area contributed by atoms with Gasteiger partial charge in [-0.15, -0.1) is 0 Å². The molecule has 8 heteroatoms. The van der Waals surface area contributed by atoms with Crippen molar-refractivity contribution in [3.63, 3.8) is 0 Å². The van der Waals surface area contributed by atoms with Crippen LogP contribution in [0.2, 0.25) is 0 Å². The molecule has 39 heavy (non-hydrogen) atoms. The molecule has 1 aliphatic rings. The van der Waals surface area contributed by atoms with Crippen LogP contribution < -0.4 is 16.0 Å². The minimum Gasteiger partial charge on any atom is -0.462 e. The third-order valence-corrected chi connectivity index (χ3v) is 6.35. The van der Waals surface area contributed by atoms with Gasteiger partial charge in [-0.3, -0.25) is 9.59 Å². The van der Waals surface area contributed by atoms with Gasteiger partial charge in [0.25, 0.3) is 5.91 Å². The largest absolute Gasteiger partial charge is 0.462 e. The molecule has 1 aliphatic heterocycles. The molecule has 0 spiro atoms. The van der Waals surface area contributed by atoms with Gasteiger partial charge in [0, 0.05) is 31.3 Å². The van der Waals surface area contributed by atoms with Gasteiger partial charge in [0.15, 0.2) is 0 Å². The number of benzene rings is 3. The lowest BCUT2D eigenvalue weighted by Gasteiger charge is -2.18. The molecule has 202 valence electrons. The highest BCUT2D eigenvalue weighted by molar-refractivity contribution is 6.37. The van der Waals surface area contributed by atoms with E-state index < -0.39 is 5.97 Å². The van der Waals surface area contributed by atoms with Gasteiger partial charge in [0.05, 0.1) is 29.1 Å². The second-order valence-corrected chi connectivity index (χ2v) is 9.45. The lowest BCUT2D eigenvalue weighted by atomic mass is 9.99. The summed E-state index contributed by atoms with van der Waals surface area (Å²) in [6.07, 6.45) is 0.883. The van der Waals surface area contributed by atoms with Crippen molar-refractivity contribution in [3.05, 3.63) is 95.1 Å². The summed E-state index contributed by atoms with van der Waals surface area (Å²) in [5.74, 6) is -0.674. The van der Waals surface area contributed by atoms with Crippen molar-refractivity contribution >= 4 is 40.4 Å². The predicted octanol–water partition coefficient (Wildman–Crippen LogP) is 4.75. The van der Waals surface area contributed by atoms with Crippen LogP contribution in [0.5, 0.6) is 0 Å². The number of anilines is 2. The van der Waals surface area contributed by atoms with E-state index in [0.29, 0.717) is 29.1 Å². The highest BCUT2D eigenvalue weighted by atomic mass is 16.5. The van der Waals surface area contributed by atoms with Crippen LogP contribution in [0.15, 0.2) is 72.8 Å². The Morgan fingerprint density at radius 1 is 0.974 bits per heavy atom. The molecule has 2 amide bonds. The van der Waals surface area contributed by atoms with Crippen molar-refractivity contribution in [2.75, 3.05) is 37.4 Å². The summed E-state index contributed by atoms with van der Waals surface area (Å²) in [4.78, 5) is 38.7. The summed E-state index contributed by atoms with van der Waals surface area (Å²) in [5, 5.41) is 9.20. The fourth-order valence-corrected chi connectivity index (χ4v) is 4.49. The van der Waals surface area contributed by atoms with Gasteiger partial charge in [0.1, 0.15) is 0 Å². The Morgan fingerprint density at radius 2 is 1.72 bits per heavy atom. The number of nitrogens with one attached hydrogen (secondary N) is 3. The van der Waals surface area contributed by atoms with Crippen LogP contribution in [0.4, 0.5) is 11.4 Å². The van der Waals surface area contributed by atoms with E-state index in [4.69, 9.17) is 4.74 Å². The van der Waals surface area contributed by atoms with E-state index in [1.54, 1.807) is 25.1 Å². The van der Waals surface area contributed by atoms with Crippen LogP contribution in [0, 0.1) is 0 Å². The molecule has 0 saturated carbocycles. The van der Waals surface area contributed by atoms with Crippen LogP contribution in [0.1, 0.15) is 47.3 Å². The Hall–Kier alpha value is -4.43. The molecule has 0 saturated heterocycles. The number of esters is 1. The smallest absolute Gasteiger partial charge is 0.338 e. The molecule has 3 aromatic rings. The average Bonchev–Trinajstić information content (AvgIpc) is 3.26. The number of carbonyl (C=O) groups excluding carboxylic acids is 3. The van der Waals surface area contributed by atoms with Crippen LogP contribution in [0.3, 0.4) is 0 Å². The molecule has 0 bridgehead atoms. The number of rotatable bonds is 11. The van der Waals surface area contributed by atoms with Crippen molar-refractivity contribution in [2.45, 2.75) is 26.8 Å². The van der Waals surface area contributed by atoms with E-state index >= 15 is 0 Å². The van der Waals surface area contributed by atoms with E-state index in [-0.39, 0.29) is 18.4 Å². The molecule has 0 unspecified atom stereocenters. The maximum atomic E-state index is 13.2. The van der Waals surface area contributed by atoms with Gasteiger partial charge >= 0.3 is 5.97 Å². The van der Waals surface area contributed by atoms with Crippen LogP contribution in [0.25, 0.3) is 11.3 Å². The zero-order valence-corrected chi connectivity index (χ0v) is 22.5. The predicted molar refractivity (Wildman–Crippen MR) is 154 cm³/mol. The van der Waals surface area contributed by atoms with Crippen LogP contribution in [-0.2, 0) is 20.9 Å². The second-order valence-electron chi connectivity index (χ2n) is 9.45. The van der Waals surface area contributed by atoms with E-state index in [9.17, 15) is 14.4 Å². The Balaban J connectivity index is 1.56. The Morgan fingerprint density at radius 3 is 2.41 bits per heavy atom. The van der Waals surface area contributed by atoms with Gasteiger partial charge in [-0.1, -0.05) is 48.5 Å². The fourth-order valence-electron chi connectivity index (χ4n) is 4.49. The minimum absolute atomic E-state index is 0.00872. The number of ether oxygens (including phenoxy) is 1. The molecule has 0 radical (unpaired) electrons. The van der Waals surface area contributed by atoms with Crippen molar-refractivity contribution in [1.82, 2.24) is 10.2 Å². The lowest BCUT2D eigenvalue weighted by Crippen LogP contribution is -2.26. The Kier molecular flexibility index (Phi) is 9.12. The molecule has 3 N–H and O–H groups in total. The monoisotopic (exact) mass is 526 g/mol. The second kappa shape index (κ2) is 12.9. The van der Waals surface area contributed by atoms with E-state index in [0.717, 1.165) is 41.9 Å².